The van der Waals surface area contributed by atoms with E-state index in [1.165, 1.54) is 0 Å². The summed E-state index contributed by atoms with van der Waals surface area (Å²) < 4.78 is 5.09. The Kier molecular flexibility index (Phi) is 3.34. The smallest absolute Gasteiger partial charge is 0.306 e. The summed E-state index contributed by atoms with van der Waals surface area (Å²) in [5.41, 5.74) is -0.481. The van der Waals surface area contributed by atoms with Crippen LogP contribution in [0.15, 0.2) is 0 Å². The van der Waals surface area contributed by atoms with Gasteiger partial charge in [0.15, 0.2) is 0 Å². The summed E-state index contributed by atoms with van der Waals surface area (Å²) >= 11 is 0. The van der Waals surface area contributed by atoms with Gasteiger partial charge in [-0.3, -0.25) is 14.8 Å². The van der Waals surface area contributed by atoms with Crippen molar-refractivity contribution in [2.24, 2.45) is 0 Å². The largest absolute Gasteiger partial charge is 0.460 e. The highest BCUT2D eigenvalue weighted by atomic mass is 16.6. The monoisotopic (exact) mass is 215 g/mol. The highest BCUT2D eigenvalue weighted by Crippen LogP contribution is 2.21. The van der Waals surface area contributed by atoms with Gasteiger partial charge in [-0.15, -0.1) is 0 Å². The third-order valence-electron chi connectivity index (χ3n) is 2.11. The lowest BCUT2D eigenvalue weighted by molar-refractivity contribution is -0.203. The van der Waals surface area contributed by atoms with Crippen molar-refractivity contribution < 1.29 is 19.5 Å². The lowest BCUT2D eigenvalue weighted by atomic mass is 10.0. The van der Waals surface area contributed by atoms with Crippen molar-refractivity contribution in [3.05, 3.63) is 0 Å². The maximum Gasteiger partial charge on any atom is 0.306 e. The molecule has 0 radical (unpaired) electrons. The molecule has 1 fully saturated rings. The predicted octanol–water partition coefficient (Wildman–Crippen LogP) is 1.10. The van der Waals surface area contributed by atoms with Gasteiger partial charge in [0, 0.05) is 6.42 Å². The Hall–Kier alpha value is -1.10. The van der Waals surface area contributed by atoms with E-state index in [-0.39, 0.29) is 24.3 Å². The molecule has 1 aliphatic heterocycles. The molecule has 0 saturated carbocycles. The SMILES string of the molecule is CC(C)(C)OC(=O)CC[C@@H]1CC(=O)N1O. The molecule has 0 spiro atoms. The van der Waals surface area contributed by atoms with E-state index in [4.69, 9.17) is 9.94 Å². The van der Waals surface area contributed by atoms with Gasteiger partial charge in [-0.05, 0) is 27.2 Å². The summed E-state index contributed by atoms with van der Waals surface area (Å²) in [7, 11) is 0. The number of β-lactam (4-membered cyclic amide) rings is 1. The minimum absolute atomic E-state index is 0.218. The molecule has 1 aliphatic rings. The summed E-state index contributed by atoms with van der Waals surface area (Å²) in [5, 5.41) is 9.74. The summed E-state index contributed by atoms with van der Waals surface area (Å²) in [5.74, 6) is -0.584. The Morgan fingerprint density at radius 3 is 2.60 bits per heavy atom. The minimum Gasteiger partial charge on any atom is -0.460 e. The van der Waals surface area contributed by atoms with Crippen molar-refractivity contribution in [1.29, 1.82) is 0 Å². The second-order valence-electron chi connectivity index (χ2n) is 4.72. The van der Waals surface area contributed by atoms with E-state index in [0.29, 0.717) is 17.9 Å². The molecule has 1 rings (SSSR count). The highest BCUT2D eigenvalue weighted by Gasteiger charge is 2.35. The third kappa shape index (κ3) is 3.51. The number of rotatable bonds is 3. The molecule has 0 bridgehead atoms. The predicted molar refractivity (Wildman–Crippen MR) is 52.1 cm³/mol. The maximum atomic E-state index is 11.3. The van der Waals surface area contributed by atoms with Crippen LogP contribution in [0.3, 0.4) is 0 Å². The molecule has 1 heterocycles. The standard InChI is InChI=1S/C10H17NO4/c1-10(2,3)15-9(13)5-4-7-6-8(12)11(7)14/h7,14H,4-6H2,1-3H3/t7-/m1/s1. The lowest BCUT2D eigenvalue weighted by Crippen LogP contribution is -2.50. The molecule has 0 unspecified atom stereocenters. The van der Waals surface area contributed by atoms with E-state index in [1.807, 2.05) is 0 Å². The number of nitrogens with zero attached hydrogens (tertiary/aromatic N) is 1. The summed E-state index contributed by atoms with van der Waals surface area (Å²) in [4.78, 5) is 22.0. The Balaban J connectivity index is 2.21. The molecule has 1 saturated heterocycles. The van der Waals surface area contributed by atoms with Crippen molar-refractivity contribution in [2.75, 3.05) is 0 Å². The average molecular weight is 215 g/mol. The van der Waals surface area contributed by atoms with Crippen molar-refractivity contribution in [2.45, 2.75) is 51.7 Å². The molecule has 0 aliphatic carbocycles. The maximum absolute atomic E-state index is 11.3. The van der Waals surface area contributed by atoms with E-state index in [0.717, 1.165) is 0 Å². The van der Waals surface area contributed by atoms with Crippen LogP contribution in [0, 0.1) is 0 Å². The molecule has 0 aromatic heterocycles. The topological polar surface area (TPSA) is 66.8 Å². The zero-order valence-electron chi connectivity index (χ0n) is 9.32. The van der Waals surface area contributed by atoms with Crippen LogP contribution in [0.4, 0.5) is 0 Å². The average Bonchev–Trinajstić information content (AvgIpc) is 2.08. The van der Waals surface area contributed by atoms with Crippen LogP contribution < -0.4 is 0 Å². The van der Waals surface area contributed by atoms with E-state index in [1.54, 1.807) is 20.8 Å². The number of hydrogen-bond acceptors (Lipinski definition) is 4. The Labute approximate surface area is 89.0 Å². The van der Waals surface area contributed by atoms with Crippen molar-refractivity contribution >= 4 is 11.9 Å². The number of hydroxylamine groups is 2. The molecule has 15 heavy (non-hydrogen) atoms. The molecular formula is C10H17NO4. The lowest BCUT2D eigenvalue weighted by Gasteiger charge is -2.34. The van der Waals surface area contributed by atoms with E-state index in [9.17, 15) is 9.59 Å². The number of amides is 1. The number of hydrogen-bond donors (Lipinski definition) is 1. The first-order valence-corrected chi connectivity index (χ1v) is 5.02. The molecule has 1 N–H and O–H groups in total. The summed E-state index contributed by atoms with van der Waals surface area (Å²) in [6, 6.07) is -0.218. The highest BCUT2D eigenvalue weighted by molar-refractivity contribution is 5.81. The van der Waals surface area contributed by atoms with E-state index >= 15 is 0 Å². The Bertz CT molecular complexity index is 269. The molecule has 5 nitrogen and oxygen atoms in total. The second kappa shape index (κ2) is 4.18. The number of carbonyl (C=O) groups excluding carboxylic acids is 2. The molecule has 5 heteroatoms. The number of esters is 1. The quantitative estimate of drug-likeness (QED) is 0.435. The van der Waals surface area contributed by atoms with Crippen LogP contribution in [0.5, 0.6) is 0 Å². The number of ether oxygens (including phenoxy) is 1. The van der Waals surface area contributed by atoms with Crippen LogP contribution in [-0.2, 0) is 14.3 Å². The normalized spacial score (nSPS) is 21.2. The van der Waals surface area contributed by atoms with Crippen LogP contribution in [-0.4, -0.2) is 33.8 Å². The van der Waals surface area contributed by atoms with Gasteiger partial charge in [0.25, 0.3) is 0 Å². The van der Waals surface area contributed by atoms with Crippen molar-refractivity contribution in [1.82, 2.24) is 5.06 Å². The first-order valence-electron chi connectivity index (χ1n) is 5.02. The van der Waals surface area contributed by atoms with Gasteiger partial charge in [0.2, 0.25) is 5.91 Å². The van der Waals surface area contributed by atoms with Crippen LogP contribution in [0.1, 0.15) is 40.0 Å². The van der Waals surface area contributed by atoms with E-state index < -0.39 is 5.60 Å². The molecule has 0 aromatic rings. The van der Waals surface area contributed by atoms with Crippen LogP contribution in [0.2, 0.25) is 0 Å². The van der Waals surface area contributed by atoms with Gasteiger partial charge in [-0.1, -0.05) is 0 Å². The zero-order chi connectivity index (χ0) is 11.6. The zero-order valence-corrected chi connectivity index (χ0v) is 9.32. The molecule has 1 amide bonds. The Morgan fingerprint density at radius 2 is 2.20 bits per heavy atom. The Morgan fingerprint density at radius 1 is 1.60 bits per heavy atom. The fraction of sp³-hybridized carbons (Fsp3) is 0.800. The fourth-order valence-electron chi connectivity index (χ4n) is 1.37. The molecular weight excluding hydrogens is 198 g/mol. The molecule has 86 valence electrons. The van der Waals surface area contributed by atoms with Gasteiger partial charge < -0.3 is 4.74 Å². The fourth-order valence-corrected chi connectivity index (χ4v) is 1.37. The van der Waals surface area contributed by atoms with Gasteiger partial charge in [0.05, 0.1) is 12.5 Å². The van der Waals surface area contributed by atoms with Crippen molar-refractivity contribution in [3.63, 3.8) is 0 Å². The van der Waals surface area contributed by atoms with Crippen molar-refractivity contribution in [3.8, 4) is 0 Å². The van der Waals surface area contributed by atoms with Gasteiger partial charge >= 0.3 is 5.97 Å². The third-order valence-corrected chi connectivity index (χ3v) is 2.11. The first-order chi connectivity index (χ1) is 6.79. The van der Waals surface area contributed by atoms with Gasteiger partial charge in [-0.25, -0.2) is 5.06 Å². The first kappa shape index (κ1) is 12.0. The van der Waals surface area contributed by atoms with Gasteiger partial charge in [-0.2, -0.15) is 0 Å². The molecule has 1 atom stereocenters. The van der Waals surface area contributed by atoms with Gasteiger partial charge in [0.1, 0.15) is 5.60 Å². The van der Waals surface area contributed by atoms with E-state index in [2.05, 4.69) is 0 Å². The van der Waals surface area contributed by atoms with Crippen LogP contribution in [0.25, 0.3) is 0 Å². The molecule has 0 aromatic carbocycles. The van der Waals surface area contributed by atoms with Crippen LogP contribution >= 0.6 is 0 Å². The summed E-state index contributed by atoms with van der Waals surface area (Å²) in [6.45, 7) is 5.41. The summed E-state index contributed by atoms with van der Waals surface area (Å²) in [6.07, 6.45) is 1.00. The minimum atomic E-state index is -0.481. The number of carbonyl (C=O) groups is 2. The second-order valence-corrected chi connectivity index (χ2v) is 4.72.